The number of methoxy groups -OCH3 is 2. The molecule has 0 saturated carbocycles. The highest BCUT2D eigenvalue weighted by Crippen LogP contribution is 2.32. The fraction of sp³-hybridized carbons (Fsp3) is 0.250. The first kappa shape index (κ1) is 9.55. The summed E-state index contributed by atoms with van der Waals surface area (Å²) in [6, 6.07) is 5.53. The third-order valence-corrected chi connectivity index (χ3v) is 2.41. The first-order chi connectivity index (χ1) is 5.81. The molecule has 0 spiro atoms. The Kier molecular flexibility index (Phi) is 3.56. The van der Waals surface area contributed by atoms with E-state index in [9.17, 15) is 0 Å². The van der Waals surface area contributed by atoms with E-state index in [4.69, 9.17) is 20.2 Å². The predicted molar refractivity (Wildman–Crippen MR) is 51.3 cm³/mol. The van der Waals surface area contributed by atoms with Gasteiger partial charge < -0.3 is 9.47 Å². The van der Waals surface area contributed by atoms with Gasteiger partial charge in [-0.2, -0.15) is 0 Å². The molecule has 0 atom stereocenters. The van der Waals surface area contributed by atoms with E-state index < -0.39 is 0 Å². The van der Waals surface area contributed by atoms with Gasteiger partial charge in [0.15, 0.2) is 11.5 Å². The van der Waals surface area contributed by atoms with Gasteiger partial charge in [0.2, 0.25) is 0 Å². The Bertz CT molecular complexity index is 265. The van der Waals surface area contributed by atoms with Crippen molar-refractivity contribution in [3.05, 3.63) is 18.2 Å². The highest BCUT2D eigenvalue weighted by Gasteiger charge is 2.03. The second-order valence-electron chi connectivity index (χ2n) is 2.09. The van der Waals surface area contributed by atoms with Crippen LogP contribution in [0.1, 0.15) is 0 Å². The zero-order valence-corrected chi connectivity index (χ0v) is 8.41. The molecule has 0 bridgehead atoms. The second-order valence-corrected chi connectivity index (χ2v) is 3.18. The average molecular weight is 205 g/mol. The third kappa shape index (κ3) is 1.99. The first-order valence-electron chi connectivity index (χ1n) is 3.32. The molecule has 0 aliphatic carbocycles. The standard InChI is InChI=1S/C8H9ClO2S/c1-10-7-4-3-6(12-9)5-8(7)11-2/h3-5H,1-2H3. The van der Waals surface area contributed by atoms with Gasteiger partial charge >= 0.3 is 0 Å². The molecule has 0 N–H and O–H groups in total. The van der Waals surface area contributed by atoms with Crippen LogP contribution in [0.3, 0.4) is 0 Å². The minimum absolute atomic E-state index is 0.697. The van der Waals surface area contributed by atoms with Crippen molar-refractivity contribution in [2.45, 2.75) is 4.90 Å². The minimum Gasteiger partial charge on any atom is -0.493 e. The van der Waals surface area contributed by atoms with Crippen LogP contribution in [0.15, 0.2) is 23.1 Å². The summed E-state index contributed by atoms with van der Waals surface area (Å²) in [4.78, 5) is 0.939. The van der Waals surface area contributed by atoms with Gasteiger partial charge in [-0.05, 0) is 39.9 Å². The highest BCUT2D eigenvalue weighted by molar-refractivity contribution is 8.21. The zero-order valence-electron chi connectivity index (χ0n) is 6.83. The monoisotopic (exact) mass is 204 g/mol. The number of halogens is 1. The summed E-state index contributed by atoms with van der Waals surface area (Å²) in [7, 11) is 9.93. The summed E-state index contributed by atoms with van der Waals surface area (Å²) < 4.78 is 10.1. The molecule has 0 aliphatic rings. The van der Waals surface area contributed by atoms with E-state index in [-0.39, 0.29) is 0 Å². The third-order valence-electron chi connectivity index (χ3n) is 1.44. The molecule has 0 saturated heterocycles. The fourth-order valence-corrected chi connectivity index (χ4v) is 1.42. The smallest absolute Gasteiger partial charge is 0.161 e. The molecule has 2 nitrogen and oxygen atoms in total. The number of rotatable bonds is 3. The van der Waals surface area contributed by atoms with Crippen LogP contribution in [0.25, 0.3) is 0 Å². The molecule has 0 unspecified atom stereocenters. The molecular formula is C8H9ClO2S. The molecule has 12 heavy (non-hydrogen) atoms. The van der Waals surface area contributed by atoms with Gasteiger partial charge in [0.25, 0.3) is 0 Å². The molecule has 0 heterocycles. The summed E-state index contributed by atoms with van der Waals surface area (Å²) in [5.74, 6) is 1.41. The van der Waals surface area contributed by atoms with Gasteiger partial charge in [-0.3, -0.25) is 0 Å². The lowest BCUT2D eigenvalue weighted by molar-refractivity contribution is 0.354. The Morgan fingerprint density at radius 3 is 2.33 bits per heavy atom. The molecule has 0 aromatic heterocycles. The summed E-state index contributed by atoms with van der Waals surface area (Å²) in [5, 5.41) is 0. The van der Waals surface area contributed by atoms with E-state index in [1.54, 1.807) is 14.2 Å². The lowest BCUT2D eigenvalue weighted by atomic mass is 10.3. The molecule has 0 aliphatic heterocycles. The van der Waals surface area contributed by atoms with Gasteiger partial charge in [0, 0.05) is 4.90 Å². The molecule has 66 valence electrons. The van der Waals surface area contributed by atoms with Crippen LogP contribution < -0.4 is 9.47 Å². The summed E-state index contributed by atoms with van der Waals surface area (Å²) in [6.45, 7) is 0. The highest BCUT2D eigenvalue weighted by atomic mass is 35.7. The molecule has 0 amide bonds. The van der Waals surface area contributed by atoms with E-state index in [2.05, 4.69) is 0 Å². The topological polar surface area (TPSA) is 18.5 Å². The van der Waals surface area contributed by atoms with Crippen LogP contribution in [0.5, 0.6) is 11.5 Å². The van der Waals surface area contributed by atoms with E-state index in [1.165, 1.54) is 0 Å². The van der Waals surface area contributed by atoms with Crippen molar-refractivity contribution in [1.29, 1.82) is 0 Å². The van der Waals surface area contributed by atoms with Crippen LogP contribution in [-0.4, -0.2) is 14.2 Å². The van der Waals surface area contributed by atoms with Crippen molar-refractivity contribution in [2.75, 3.05) is 14.2 Å². The minimum atomic E-state index is 0.697. The average Bonchev–Trinajstić information content (AvgIpc) is 2.16. The maximum absolute atomic E-state index is 5.57. The maximum Gasteiger partial charge on any atom is 0.161 e. The Morgan fingerprint density at radius 2 is 1.83 bits per heavy atom. The Labute approximate surface area is 80.3 Å². The summed E-state index contributed by atoms with van der Waals surface area (Å²) in [5.41, 5.74) is 0. The van der Waals surface area contributed by atoms with Gasteiger partial charge in [-0.15, -0.1) is 0 Å². The van der Waals surface area contributed by atoms with Crippen molar-refractivity contribution in [2.24, 2.45) is 0 Å². The van der Waals surface area contributed by atoms with Crippen LogP contribution in [0, 0.1) is 0 Å². The van der Waals surface area contributed by atoms with E-state index in [0.29, 0.717) is 11.5 Å². The van der Waals surface area contributed by atoms with Crippen LogP contribution in [0.4, 0.5) is 0 Å². The number of ether oxygens (including phenoxy) is 2. The number of hydrogen-bond donors (Lipinski definition) is 0. The van der Waals surface area contributed by atoms with Crippen molar-refractivity contribution in [1.82, 2.24) is 0 Å². The molecular weight excluding hydrogens is 196 g/mol. The van der Waals surface area contributed by atoms with Gasteiger partial charge in [0.1, 0.15) is 0 Å². The Hall–Kier alpha value is -0.540. The van der Waals surface area contributed by atoms with Crippen LogP contribution in [-0.2, 0) is 0 Å². The normalized spacial score (nSPS) is 9.58. The van der Waals surface area contributed by atoms with Gasteiger partial charge in [-0.25, -0.2) is 0 Å². The van der Waals surface area contributed by atoms with Gasteiger partial charge in [0.05, 0.1) is 14.2 Å². The lowest BCUT2D eigenvalue weighted by Gasteiger charge is -2.07. The summed E-state index contributed by atoms with van der Waals surface area (Å²) >= 11 is 0. The molecule has 1 aromatic carbocycles. The molecule has 0 radical (unpaired) electrons. The SMILES string of the molecule is COc1ccc(SCl)cc1OC. The fourth-order valence-electron chi connectivity index (χ4n) is 0.865. The van der Waals surface area contributed by atoms with E-state index in [1.807, 2.05) is 18.2 Å². The van der Waals surface area contributed by atoms with Crippen molar-refractivity contribution in [3.63, 3.8) is 0 Å². The molecule has 0 fully saturated rings. The van der Waals surface area contributed by atoms with E-state index >= 15 is 0 Å². The Balaban J connectivity index is 3.02. The lowest BCUT2D eigenvalue weighted by Crippen LogP contribution is -1.89. The van der Waals surface area contributed by atoms with Crippen molar-refractivity contribution < 1.29 is 9.47 Å². The largest absolute Gasteiger partial charge is 0.493 e. The molecule has 1 aromatic rings. The Morgan fingerprint density at radius 1 is 1.17 bits per heavy atom. The maximum atomic E-state index is 5.57. The van der Waals surface area contributed by atoms with E-state index in [0.717, 1.165) is 15.9 Å². The van der Waals surface area contributed by atoms with Crippen molar-refractivity contribution in [3.8, 4) is 11.5 Å². The summed E-state index contributed by atoms with van der Waals surface area (Å²) in [6.07, 6.45) is 0. The number of hydrogen-bond acceptors (Lipinski definition) is 3. The first-order valence-corrected chi connectivity index (χ1v) is 4.96. The quantitative estimate of drug-likeness (QED) is 0.754. The molecule has 4 heteroatoms. The van der Waals surface area contributed by atoms with Crippen LogP contribution >= 0.6 is 21.7 Å². The van der Waals surface area contributed by atoms with Crippen LogP contribution in [0.2, 0.25) is 0 Å². The second kappa shape index (κ2) is 4.48. The number of benzene rings is 1. The molecule has 1 rings (SSSR count). The van der Waals surface area contributed by atoms with Crippen molar-refractivity contribution >= 4 is 21.7 Å². The predicted octanol–water partition coefficient (Wildman–Crippen LogP) is 2.95. The zero-order chi connectivity index (χ0) is 8.97. The van der Waals surface area contributed by atoms with Gasteiger partial charge in [-0.1, -0.05) is 0 Å².